The van der Waals surface area contributed by atoms with Crippen LogP contribution in [0, 0.1) is 0 Å². The molecule has 0 atom stereocenters. The summed E-state index contributed by atoms with van der Waals surface area (Å²) in [7, 11) is -3.72. The molecule has 8 heteroatoms. The molecule has 1 aromatic carbocycles. The van der Waals surface area contributed by atoms with Gasteiger partial charge in [-0.05, 0) is 37.0 Å². The van der Waals surface area contributed by atoms with Crippen LogP contribution < -0.4 is 10.0 Å². The lowest BCUT2D eigenvalue weighted by Gasteiger charge is -2.30. The van der Waals surface area contributed by atoms with E-state index >= 15 is 0 Å². The molecule has 2 N–H and O–H groups in total. The van der Waals surface area contributed by atoms with Gasteiger partial charge in [0.15, 0.2) is 5.82 Å². The van der Waals surface area contributed by atoms with Gasteiger partial charge in [0.1, 0.15) is 0 Å². The van der Waals surface area contributed by atoms with Gasteiger partial charge in [-0.3, -0.25) is 0 Å². The summed E-state index contributed by atoms with van der Waals surface area (Å²) in [6.45, 7) is 3.43. The first kappa shape index (κ1) is 16.9. The second-order valence-corrected chi connectivity index (χ2v) is 7.63. The molecule has 0 radical (unpaired) electrons. The van der Waals surface area contributed by atoms with Crippen molar-refractivity contribution in [2.24, 2.45) is 5.14 Å². The molecule has 0 saturated carbocycles. The van der Waals surface area contributed by atoms with Crippen molar-refractivity contribution in [1.82, 2.24) is 10.1 Å². The number of aryl methyl sites for hydroxylation is 2. The molecule has 0 unspecified atom stereocenters. The Morgan fingerprint density at radius 1 is 1.38 bits per heavy atom. The van der Waals surface area contributed by atoms with Crippen LogP contribution in [-0.2, 0) is 29.4 Å². The van der Waals surface area contributed by atoms with Gasteiger partial charge in [-0.15, -0.1) is 0 Å². The van der Waals surface area contributed by atoms with Crippen LogP contribution in [0.1, 0.15) is 43.5 Å². The Kier molecular flexibility index (Phi) is 4.86. The minimum atomic E-state index is -3.72. The molecule has 1 aliphatic rings. The lowest BCUT2D eigenvalue weighted by atomic mass is 10.0. The van der Waals surface area contributed by atoms with Gasteiger partial charge < -0.3 is 9.42 Å². The molecule has 1 aromatic heterocycles. The topological polar surface area (TPSA) is 102 Å². The number of nitrogens with zero attached hydrogens (tertiary/aromatic N) is 3. The van der Waals surface area contributed by atoms with Crippen LogP contribution in [0.4, 0.5) is 5.69 Å². The van der Waals surface area contributed by atoms with E-state index in [1.54, 1.807) is 12.1 Å². The fraction of sp³-hybridized carbons (Fsp3) is 0.500. The molecule has 24 heavy (non-hydrogen) atoms. The Balaban J connectivity index is 1.82. The number of rotatable bonds is 6. The smallest absolute Gasteiger partial charge is 0.238 e. The van der Waals surface area contributed by atoms with Crippen LogP contribution in [0.25, 0.3) is 0 Å². The Hall–Kier alpha value is -1.93. The maximum atomic E-state index is 11.6. The van der Waals surface area contributed by atoms with E-state index in [1.165, 1.54) is 0 Å². The van der Waals surface area contributed by atoms with Gasteiger partial charge in [0, 0.05) is 18.7 Å². The van der Waals surface area contributed by atoms with Crippen LogP contribution >= 0.6 is 0 Å². The van der Waals surface area contributed by atoms with Gasteiger partial charge >= 0.3 is 0 Å². The minimum absolute atomic E-state index is 0.130. The number of unbranched alkanes of at least 4 members (excludes halogenated alkanes) is 1. The van der Waals surface area contributed by atoms with Gasteiger partial charge in [-0.25, -0.2) is 13.6 Å². The van der Waals surface area contributed by atoms with Gasteiger partial charge in [-0.1, -0.05) is 24.6 Å². The number of benzene rings is 1. The highest BCUT2D eigenvalue weighted by Gasteiger charge is 2.21. The summed E-state index contributed by atoms with van der Waals surface area (Å²) in [6.07, 6.45) is 4.81. The predicted molar refractivity (Wildman–Crippen MR) is 90.1 cm³/mol. The van der Waals surface area contributed by atoms with Crippen LogP contribution in [0.2, 0.25) is 0 Å². The van der Waals surface area contributed by atoms with Crippen LogP contribution in [0.3, 0.4) is 0 Å². The van der Waals surface area contributed by atoms with E-state index in [-0.39, 0.29) is 4.90 Å². The molecule has 0 aliphatic carbocycles. The molecular formula is C16H22N4O3S. The van der Waals surface area contributed by atoms with Gasteiger partial charge in [0.2, 0.25) is 15.9 Å². The SMILES string of the molecule is CCCCc1nc(CN2CCCc3ccc(S(N)(=O)=O)cc32)no1. The van der Waals surface area contributed by atoms with Crippen LogP contribution in [-0.4, -0.2) is 25.1 Å². The summed E-state index contributed by atoms with van der Waals surface area (Å²) in [4.78, 5) is 6.64. The molecule has 0 saturated heterocycles. The lowest BCUT2D eigenvalue weighted by molar-refractivity contribution is 0.369. The molecule has 1 aliphatic heterocycles. The van der Waals surface area contributed by atoms with Crippen LogP contribution in [0.5, 0.6) is 0 Å². The average molecular weight is 350 g/mol. The molecule has 0 bridgehead atoms. The third kappa shape index (κ3) is 3.76. The van der Waals surface area contributed by atoms with E-state index in [4.69, 9.17) is 9.66 Å². The molecule has 130 valence electrons. The molecule has 2 heterocycles. The van der Waals surface area contributed by atoms with Crippen molar-refractivity contribution in [2.45, 2.75) is 50.5 Å². The standard InChI is InChI=1S/C16H22N4O3S/c1-2-3-6-16-18-15(19-23-16)11-20-9-4-5-12-7-8-13(10-14(12)20)24(17,21)22/h7-8,10H,2-6,9,11H2,1H3,(H2,17,21,22). The largest absolute Gasteiger partial charge is 0.364 e. The number of sulfonamides is 1. The second-order valence-electron chi connectivity index (χ2n) is 6.07. The van der Waals surface area contributed by atoms with E-state index < -0.39 is 10.0 Å². The van der Waals surface area contributed by atoms with E-state index in [1.807, 2.05) is 6.07 Å². The van der Waals surface area contributed by atoms with Crippen molar-refractivity contribution in [3.8, 4) is 0 Å². The number of primary sulfonamides is 1. The zero-order valence-electron chi connectivity index (χ0n) is 13.7. The van der Waals surface area contributed by atoms with Crippen molar-refractivity contribution < 1.29 is 12.9 Å². The Morgan fingerprint density at radius 2 is 2.21 bits per heavy atom. The third-order valence-electron chi connectivity index (χ3n) is 4.19. The molecular weight excluding hydrogens is 328 g/mol. The highest BCUT2D eigenvalue weighted by atomic mass is 32.2. The molecule has 2 aromatic rings. The summed E-state index contributed by atoms with van der Waals surface area (Å²) in [5.74, 6) is 1.28. The van der Waals surface area contributed by atoms with E-state index in [0.29, 0.717) is 18.3 Å². The normalized spacial score (nSPS) is 14.7. The Bertz CT molecular complexity index is 816. The zero-order chi connectivity index (χ0) is 17.2. The second kappa shape index (κ2) is 6.90. The fourth-order valence-corrected chi connectivity index (χ4v) is 3.46. The highest BCUT2D eigenvalue weighted by molar-refractivity contribution is 7.89. The summed E-state index contributed by atoms with van der Waals surface area (Å²) in [6, 6.07) is 5.04. The van der Waals surface area contributed by atoms with Crippen molar-refractivity contribution in [3.05, 3.63) is 35.5 Å². The number of anilines is 1. The van der Waals surface area contributed by atoms with Gasteiger partial charge in [0.25, 0.3) is 0 Å². The van der Waals surface area contributed by atoms with Crippen LogP contribution in [0.15, 0.2) is 27.6 Å². The van der Waals surface area contributed by atoms with Crippen molar-refractivity contribution >= 4 is 15.7 Å². The quantitative estimate of drug-likeness (QED) is 0.855. The summed E-state index contributed by atoms with van der Waals surface area (Å²) in [5, 5.41) is 9.29. The molecule has 0 amide bonds. The maximum Gasteiger partial charge on any atom is 0.238 e. The van der Waals surface area contributed by atoms with Crippen molar-refractivity contribution in [1.29, 1.82) is 0 Å². The number of hydrogen-bond acceptors (Lipinski definition) is 6. The predicted octanol–water partition coefficient (Wildman–Crippen LogP) is 2.01. The highest BCUT2D eigenvalue weighted by Crippen LogP contribution is 2.30. The van der Waals surface area contributed by atoms with E-state index in [9.17, 15) is 8.42 Å². The number of nitrogens with two attached hydrogens (primary N) is 1. The van der Waals surface area contributed by atoms with Crippen molar-refractivity contribution in [2.75, 3.05) is 11.4 Å². The maximum absolute atomic E-state index is 11.6. The number of fused-ring (bicyclic) bond motifs is 1. The van der Waals surface area contributed by atoms with Gasteiger partial charge in [0.05, 0.1) is 11.4 Å². The van der Waals surface area contributed by atoms with E-state index in [2.05, 4.69) is 22.0 Å². The first-order valence-electron chi connectivity index (χ1n) is 8.19. The molecule has 3 rings (SSSR count). The molecule has 7 nitrogen and oxygen atoms in total. The van der Waals surface area contributed by atoms with E-state index in [0.717, 1.165) is 49.9 Å². The zero-order valence-corrected chi connectivity index (χ0v) is 14.6. The molecule has 0 fully saturated rings. The minimum Gasteiger partial charge on any atom is -0.364 e. The first-order valence-corrected chi connectivity index (χ1v) is 9.74. The third-order valence-corrected chi connectivity index (χ3v) is 5.10. The van der Waals surface area contributed by atoms with Crippen molar-refractivity contribution in [3.63, 3.8) is 0 Å². The Morgan fingerprint density at radius 3 is 2.96 bits per heavy atom. The monoisotopic (exact) mass is 350 g/mol. The summed E-state index contributed by atoms with van der Waals surface area (Å²) < 4.78 is 28.5. The fourth-order valence-electron chi connectivity index (χ4n) is 2.93. The van der Waals surface area contributed by atoms with Gasteiger partial charge in [-0.2, -0.15) is 4.98 Å². The summed E-state index contributed by atoms with van der Waals surface area (Å²) in [5.41, 5.74) is 2.00. The summed E-state index contributed by atoms with van der Waals surface area (Å²) >= 11 is 0. The number of hydrogen-bond donors (Lipinski definition) is 1. The lowest BCUT2D eigenvalue weighted by Crippen LogP contribution is -2.29. The first-order chi connectivity index (χ1) is 11.5. The average Bonchev–Trinajstić information content (AvgIpc) is 2.99. The Labute approximate surface area is 141 Å². The number of aromatic nitrogens is 2. The molecule has 0 spiro atoms.